The molecular weight excluding hydrogens is 318 g/mol. The lowest BCUT2D eigenvalue weighted by molar-refractivity contribution is 0.0933. The number of hydrogen-bond acceptors (Lipinski definition) is 4. The fraction of sp³-hybridized carbons (Fsp3) is 0.211. The van der Waals surface area contributed by atoms with Gasteiger partial charge in [-0.3, -0.25) is 14.0 Å². The van der Waals surface area contributed by atoms with E-state index in [1.54, 1.807) is 31.5 Å². The Kier molecular flexibility index (Phi) is 4.79. The average Bonchev–Trinajstić information content (AvgIpc) is 2.66. The van der Waals surface area contributed by atoms with Crippen LogP contribution in [0.15, 0.2) is 59.7 Å². The van der Waals surface area contributed by atoms with Gasteiger partial charge in [0.15, 0.2) is 0 Å². The van der Waals surface area contributed by atoms with Gasteiger partial charge in [0, 0.05) is 12.4 Å². The lowest BCUT2D eigenvalue weighted by Gasteiger charge is -2.17. The molecule has 0 fully saturated rings. The highest BCUT2D eigenvalue weighted by molar-refractivity contribution is 5.94. The molecule has 0 aliphatic rings. The molecule has 0 aliphatic carbocycles. The monoisotopic (exact) mass is 337 g/mol. The van der Waals surface area contributed by atoms with Gasteiger partial charge in [-0.25, -0.2) is 4.98 Å². The van der Waals surface area contributed by atoms with Gasteiger partial charge in [0.05, 0.1) is 13.2 Å². The molecule has 1 N–H and O–H groups in total. The summed E-state index contributed by atoms with van der Waals surface area (Å²) >= 11 is 0. The second kappa shape index (κ2) is 7.17. The zero-order valence-electron chi connectivity index (χ0n) is 14.1. The number of ether oxygens (including phenoxy) is 1. The van der Waals surface area contributed by atoms with Gasteiger partial charge in [-0.05, 0) is 36.2 Å². The van der Waals surface area contributed by atoms with Crippen molar-refractivity contribution in [3.63, 3.8) is 0 Å². The Balaban J connectivity index is 1.87. The summed E-state index contributed by atoms with van der Waals surface area (Å²) in [6, 6.07) is 12.5. The number of nitrogens with one attached hydrogen (secondary N) is 1. The minimum absolute atomic E-state index is 0.0238. The zero-order valence-corrected chi connectivity index (χ0v) is 14.1. The number of carbonyl (C=O) groups excluding carboxylic acids is 1. The fourth-order valence-corrected chi connectivity index (χ4v) is 2.68. The highest BCUT2D eigenvalue weighted by atomic mass is 16.5. The maximum absolute atomic E-state index is 12.6. The fourth-order valence-electron chi connectivity index (χ4n) is 2.68. The van der Waals surface area contributed by atoms with Gasteiger partial charge in [-0.2, -0.15) is 0 Å². The van der Waals surface area contributed by atoms with Crippen LogP contribution in [0.3, 0.4) is 0 Å². The molecule has 128 valence electrons. The number of hydrogen-bond donors (Lipinski definition) is 1. The van der Waals surface area contributed by atoms with Gasteiger partial charge in [0.25, 0.3) is 11.5 Å². The van der Waals surface area contributed by atoms with Gasteiger partial charge in [-0.1, -0.05) is 25.1 Å². The molecule has 3 aromatic rings. The molecule has 1 unspecified atom stereocenters. The van der Waals surface area contributed by atoms with Crippen molar-refractivity contribution in [3.8, 4) is 5.75 Å². The Morgan fingerprint density at radius 1 is 1.24 bits per heavy atom. The number of fused-ring (bicyclic) bond motifs is 1. The van der Waals surface area contributed by atoms with E-state index < -0.39 is 5.91 Å². The summed E-state index contributed by atoms with van der Waals surface area (Å²) < 4.78 is 6.51. The van der Waals surface area contributed by atoms with Crippen LogP contribution >= 0.6 is 0 Å². The summed E-state index contributed by atoms with van der Waals surface area (Å²) in [6.45, 7) is 1.97. The van der Waals surface area contributed by atoms with E-state index in [1.807, 2.05) is 31.2 Å². The molecule has 3 rings (SSSR count). The van der Waals surface area contributed by atoms with Gasteiger partial charge in [-0.15, -0.1) is 0 Å². The number of nitrogens with zero attached hydrogens (tertiary/aromatic N) is 2. The third-order valence-corrected chi connectivity index (χ3v) is 4.09. The largest absolute Gasteiger partial charge is 0.497 e. The summed E-state index contributed by atoms with van der Waals surface area (Å²) in [7, 11) is 1.61. The molecule has 1 amide bonds. The van der Waals surface area contributed by atoms with E-state index in [4.69, 9.17) is 4.74 Å². The summed E-state index contributed by atoms with van der Waals surface area (Å²) in [5, 5.41) is 2.91. The molecule has 1 atom stereocenters. The predicted molar refractivity (Wildman–Crippen MR) is 95.0 cm³/mol. The molecule has 0 saturated carbocycles. The van der Waals surface area contributed by atoms with Crippen LogP contribution in [-0.2, 0) is 0 Å². The Morgan fingerprint density at radius 2 is 2.00 bits per heavy atom. The zero-order chi connectivity index (χ0) is 17.8. The lowest BCUT2D eigenvalue weighted by atomic mass is 10.0. The first kappa shape index (κ1) is 16.7. The van der Waals surface area contributed by atoms with Crippen LogP contribution in [0.5, 0.6) is 5.75 Å². The predicted octanol–water partition coefficient (Wildman–Crippen LogP) is 2.58. The highest BCUT2D eigenvalue weighted by Gasteiger charge is 2.18. The minimum atomic E-state index is -0.432. The van der Waals surface area contributed by atoms with Crippen LogP contribution < -0.4 is 15.6 Å². The van der Waals surface area contributed by atoms with Crippen molar-refractivity contribution in [3.05, 3.63) is 76.3 Å². The normalized spacial score (nSPS) is 11.9. The Morgan fingerprint density at radius 3 is 2.68 bits per heavy atom. The maximum atomic E-state index is 12.6. The van der Waals surface area contributed by atoms with E-state index in [1.165, 1.54) is 10.6 Å². The SMILES string of the molecule is CCC(NC(=O)c1cnc2ccccn2c1=O)c1ccc(OC)cc1. The molecule has 2 aromatic heterocycles. The number of methoxy groups -OCH3 is 1. The number of benzene rings is 1. The van der Waals surface area contributed by atoms with Crippen molar-refractivity contribution in [2.75, 3.05) is 7.11 Å². The summed E-state index contributed by atoms with van der Waals surface area (Å²) in [4.78, 5) is 29.3. The summed E-state index contributed by atoms with van der Waals surface area (Å²) in [5.74, 6) is 0.320. The first-order chi connectivity index (χ1) is 12.1. The summed E-state index contributed by atoms with van der Waals surface area (Å²) in [5.41, 5.74) is 1.10. The number of carbonyl (C=O) groups is 1. The van der Waals surface area contributed by atoms with Gasteiger partial charge >= 0.3 is 0 Å². The van der Waals surface area contributed by atoms with E-state index in [0.717, 1.165) is 11.3 Å². The molecule has 1 aromatic carbocycles. The lowest BCUT2D eigenvalue weighted by Crippen LogP contribution is -2.34. The van der Waals surface area contributed by atoms with Gasteiger partial charge < -0.3 is 10.1 Å². The second-order valence-electron chi connectivity index (χ2n) is 5.61. The second-order valence-corrected chi connectivity index (χ2v) is 5.61. The molecule has 2 heterocycles. The number of aromatic nitrogens is 2. The Hall–Kier alpha value is -3.15. The molecule has 6 heteroatoms. The smallest absolute Gasteiger partial charge is 0.270 e. The van der Waals surface area contributed by atoms with E-state index in [9.17, 15) is 9.59 Å². The molecular formula is C19H19N3O3. The highest BCUT2D eigenvalue weighted by Crippen LogP contribution is 2.20. The number of rotatable bonds is 5. The molecule has 6 nitrogen and oxygen atoms in total. The molecule has 25 heavy (non-hydrogen) atoms. The Labute approximate surface area is 145 Å². The van der Waals surface area contributed by atoms with E-state index in [-0.39, 0.29) is 17.2 Å². The van der Waals surface area contributed by atoms with Crippen LogP contribution in [0.1, 0.15) is 35.3 Å². The third-order valence-electron chi connectivity index (χ3n) is 4.09. The van der Waals surface area contributed by atoms with Crippen molar-refractivity contribution < 1.29 is 9.53 Å². The maximum Gasteiger partial charge on any atom is 0.270 e. The first-order valence-corrected chi connectivity index (χ1v) is 8.05. The van der Waals surface area contributed by atoms with Crippen molar-refractivity contribution >= 4 is 11.6 Å². The molecule has 0 radical (unpaired) electrons. The van der Waals surface area contributed by atoms with Crippen LogP contribution in [0.2, 0.25) is 0 Å². The van der Waals surface area contributed by atoms with Gasteiger partial charge in [0.2, 0.25) is 0 Å². The standard InChI is InChI=1S/C19H19N3O3/c1-3-16(13-7-9-14(25-2)10-8-13)21-18(23)15-12-20-17-6-4-5-11-22(17)19(15)24/h4-12,16H,3H2,1-2H3,(H,21,23). The molecule has 0 spiro atoms. The van der Waals surface area contributed by atoms with Crippen molar-refractivity contribution in [2.24, 2.45) is 0 Å². The number of pyridine rings is 1. The van der Waals surface area contributed by atoms with E-state index in [0.29, 0.717) is 12.1 Å². The van der Waals surface area contributed by atoms with E-state index in [2.05, 4.69) is 10.3 Å². The minimum Gasteiger partial charge on any atom is -0.497 e. The van der Waals surface area contributed by atoms with Crippen molar-refractivity contribution in [2.45, 2.75) is 19.4 Å². The topological polar surface area (TPSA) is 72.7 Å². The average molecular weight is 337 g/mol. The van der Waals surface area contributed by atoms with Crippen LogP contribution in [-0.4, -0.2) is 22.4 Å². The van der Waals surface area contributed by atoms with Crippen molar-refractivity contribution in [1.82, 2.24) is 14.7 Å². The van der Waals surface area contributed by atoms with Crippen LogP contribution in [0, 0.1) is 0 Å². The molecule has 0 bridgehead atoms. The molecule has 0 saturated heterocycles. The third kappa shape index (κ3) is 3.38. The first-order valence-electron chi connectivity index (χ1n) is 8.05. The van der Waals surface area contributed by atoms with Crippen LogP contribution in [0.4, 0.5) is 0 Å². The van der Waals surface area contributed by atoms with Crippen LogP contribution in [0.25, 0.3) is 5.65 Å². The van der Waals surface area contributed by atoms with Crippen molar-refractivity contribution in [1.29, 1.82) is 0 Å². The summed E-state index contributed by atoms with van der Waals surface area (Å²) in [6.07, 6.45) is 3.62. The molecule has 0 aliphatic heterocycles. The van der Waals surface area contributed by atoms with E-state index >= 15 is 0 Å². The quantitative estimate of drug-likeness (QED) is 0.777. The van der Waals surface area contributed by atoms with Gasteiger partial charge in [0.1, 0.15) is 17.0 Å². The number of amides is 1. The Bertz CT molecular complexity index is 948.